The third kappa shape index (κ3) is 5.56. The molecule has 2 aliphatic heterocycles. The van der Waals surface area contributed by atoms with Crippen LogP contribution in [-0.2, 0) is 29.1 Å². The minimum absolute atomic E-state index is 0.0382. The molecule has 43 heavy (non-hydrogen) atoms. The number of aromatic hydroxyl groups is 1. The van der Waals surface area contributed by atoms with Gasteiger partial charge < -0.3 is 26.0 Å². The zero-order valence-electron chi connectivity index (χ0n) is 23.9. The van der Waals surface area contributed by atoms with Gasteiger partial charge in [0.1, 0.15) is 18.0 Å². The first-order valence-corrected chi connectivity index (χ1v) is 14.3. The molecular weight excluding hydrogens is 544 g/mol. The van der Waals surface area contributed by atoms with Crippen LogP contribution in [0.15, 0.2) is 91.0 Å². The standard InChI is InChI=1S/C33H34N6O4/c1-36(33(43)35-18-22-8-3-2-4-9-22)38-21-31(41)39-28(17-23-14-15-29(40)27(34)16-23)32(42)37(20-30(38)39)19-25-12-7-11-24-10-5-6-13-26(24)25/h2-16,28,30,40H,17-21,34H2,1H3,(H,35,43)/t28-,30+/m0/s1. The summed E-state index contributed by atoms with van der Waals surface area (Å²) in [7, 11) is 1.64. The van der Waals surface area contributed by atoms with Gasteiger partial charge in [0.15, 0.2) is 0 Å². The number of piperazine rings is 1. The average Bonchev–Trinajstić information content (AvgIpc) is 3.35. The maximum Gasteiger partial charge on any atom is 0.332 e. The van der Waals surface area contributed by atoms with Gasteiger partial charge in [0.2, 0.25) is 11.8 Å². The highest BCUT2D eigenvalue weighted by Gasteiger charge is 2.51. The molecule has 4 N–H and O–H groups in total. The van der Waals surface area contributed by atoms with Crippen LogP contribution >= 0.6 is 0 Å². The van der Waals surface area contributed by atoms with Crippen LogP contribution < -0.4 is 11.1 Å². The van der Waals surface area contributed by atoms with E-state index in [1.807, 2.05) is 72.8 Å². The van der Waals surface area contributed by atoms with Crippen LogP contribution in [0, 0.1) is 0 Å². The molecule has 2 aliphatic rings. The average molecular weight is 579 g/mol. The number of benzene rings is 4. The molecule has 4 aromatic carbocycles. The van der Waals surface area contributed by atoms with Gasteiger partial charge in [-0.25, -0.2) is 4.79 Å². The molecule has 4 aromatic rings. The van der Waals surface area contributed by atoms with E-state index in [1.54, 1.807) is 34.0 Å². The van der Waals surface area contributed by atoms with Gasteiger partial charge in [-0.05, 0) is 39.6 Å². The van der Waals surface area contributed by atoms with E-state index < -0.39 is 12.2 Å². The van der Waals surface area contributed by atoms with E-state index in [1.165, 1.54) is 11.1 Å². The highest BCUT2D eigenvalue weighted by molar-refractivity contribution is 5.92. The number of rotatable bonds is 7. The topological polar surface area (TPSA) is 122 Å². The second kappa shape index (κ2) is 11.7. The van der Waals surface area contributed by atoms with Gasteiger partial charge in [0.05, 0.1) is 18.8 Å². The first-order valence-electron chi connectivity index (χ1n) is 14.3. The number of fused-ring (bicyclic) bond motifs is 2. The van der Waals surface area contributed by atoms with Crippen LogP contribution in [0.4, 0.5) is 10.5 Å². The monoisotopic (exact) mass is 578 g/mol. The van der Waals surface area contributed by atoms with Crippen LogP contribution in [0.25, 0.3) is 10.8 Å². The Morgan fingerprint density at radius 2 is 1.72 bits per heavy atom. The first-order chi connectivity index (χ1) is 20.8. The lowest BCUT2D eigenvalue weighted by Gasteiger charge is -2.46. The molecular formula is C33H34N6O4. The number of hydrogen-bond acceptors (Lipinski definition) is 6. The fourth-order valence-corrected chi connectivity index (χ4v) is 6.04. The third-order valence-corrected chi connectivity index (χ3v) is 8.29. The van der Waals surface area contributed by atoms with Crippen LogP contribution in [0.2, 0.25) is 0 Å². The fourth-order valence-electron chi connectivity index (χ4n) is 6.04. The Morgan fingerprint density at radius 1 is 0.977 bits per heavy atom. The second-order valence-corrected chi connectivity index (χ2v) is 11.0. The number of carbonyl (C=O) groups excluding carboxylic acids is 3. The van der Waals surface area contributed by atoms with Gasteiger partial charge in [-0.15, -0.1) is 0 Å². The molecule has 0 saturated carbocycles. The van der Waals surface area contributed by atoms with Crippen LogP contribution in [0.1, 0.15) is 16.7 Å². The number of nitrogens with one attached hydrogen (secondary N) is 1. The molecule has 0 radical (unpaired) electrons. The number of nitrogens with two attached hydrogens (primary N) is 1. The van der Waals surface area contributed by atoms with Crippen molar-refractivity contribution in [1.82, 2.24) is 25.1 Å². The van der Waals surface area contributed by atoms with Crippen molar-refractivity contribution in [3.05, 3.63) is 108 Å². The molecule has 10 heteroatoms. The van der Waals surface area contributed by atoms with Gasteiger partial charge in [-0.2, -0.15) is 5.01 Å². The fraction of sp³-hybridized carbons (Fsp3) is 0.242. The van der Waals surface area contributed by atoms with Crippen molar-refractivity contribution >= 4 is 34.3 Å². The smallest absolute Gasteiger partial charge is 0.332 e. The van der Waals surface area contributed by atoms with Crippen molar-refractivity contribution in [2.45, 2.75) is 31.7 Å². The molecule has 220 valence electrons. The second-order valence-electron chi connectivity index (χ2n) is 11.0. The molecule has 0 unspecified atom stereocenters. The van der Waals surface area contributed by atoms with E-state index in [2.05, 4.69) is 5.32 Å². The predicted octanol–water partition coefficient (Wildman–Crippen LogP) is 3.31. The Kier molecular flexibility index (Phi) is 7.60. The van der Waals surface area contributed by atoms with E-state index in [9.17, 15) is 19.5 Å². The molecule has 0 aromatic heterocycles. The van der Waals surface area contributed by atoms with Crippen molar-refractivity contribution < 1.29 is 19.5 Å². The van der Waals surface area contributed by atoms with Crippen molar-refractivity contribution in [3.8, 4) is 5.75 Å². The minimum atomic E-state index is -0.809. The lowest BCUT2D eigenvalue weighted by molar-refractivity contribution is -0.157. The molecule has 2 fully saturated rings. The highest BCUT2D eigenvalue weighted by Crippen LogP contribution is 2.32. The lowest BCUT2D eigenvalue weighted by atomic mass is 9.98. The number of nitrogen functional groups attached to an aromatic ring is 1. The van der Waals surface area contributed by atoms with E-state index in [-0.39, 0.29) is 48.8 Å². The summed E-state index contributed by atoms with van der Waals surface area (Å²) in [6, 6.07) is 27.3. The minimum Gasteiger partial charge on any atom is -0.506 e. The van der Waals surface area contributed by atoms with Crippen LogP contribution in [-0.4, -0.2) is 75.1 Å². The summed E-state index contributed by atoms with van der Waals surface area (Å²) in [5.41, 5.74) is 8.84. The summed E-state index contributed by atoms with van der Waals surface area (Å²) in [6.07, 6.45) is -0.331. The molecule has 4 amide bonds. The van der Waals surface area contributed by atoms with E-state index in [0.717, 1.165) is 27.5 Å². The van der Waals surface area contributed by atoms with Gasteiger partial charge in [-0.1, -0.05) is 78.9 Å². The molecule has 0 aliphatic carbocycles. The predicted molar refractivity (Wildman–Crippen MR) is 163 cm³/mol. The number of amides is 4. The lowest BCUT2D eigenvalue weighted by Crippen LogP contribution is -2.65. The van der Waals surface area contributed by atoms with E-state index >= 15 is 0 Å². The van der Waals surface area contributed by atoms with Gasteiger partial charge in [0.25, 0.3) is 0 Å². The normalized spacial score (nSPS) is 18.6. The molecule has 2 saturated heterocycles. The summed E-state index contributed by atoms with van der Waals surface area (Å²) in [6.45, 7) is 0.892. The number of anilines is 1. The summed E-state index contributed by atoms with van der Waals surface area (Å²) in [4.78, 5) is 44.3. The Morgan fingerprint density at radius 3 is 2.51 bits per heavy atom. The summed E-state index contributed by atoms with van der Waals surface area (Å²) in [5.74, 6) is -0.453. The summed E-state index contributed by atoms with van der Waals surface area (Å²) >= 11 is 0. The molecule has 2 atom stereocenters. The van der Waals surface area contributed by atoms with Crippen LogP contribution in [0.3, 0.4) is 0 Å². The van der Waals surface area contributed by atoms with Crippen molar-refractivity contribution in [2.24, 2.45) is 0 Å². The zero-order valence-corrected chi connectivity index (χ0v) is 23.9. The number of carbonyl (C=O) groups is 3. The van der Waals surface area contributed by atoms with Crippen LogP contribution in [0.5, 0.6) is 5.75 Å². The van der Waals surface area contributed by atoms with Gasteiger partial charge in [0, 0.05) is 26.6 Å². The largest absolute Gasteiger partial charge is 0.506 e. The van der Waals surface area contributed by atoms with E-state index in [0.29, 0.717) is 13.1 Å². The van der Waals surface area contributed by atoms with Crippen molar-refractivity contribution in [1.29, 1.82) is 0 Å². The van der Waals surface area contributed by atoms with Crippen molar-refractivity contribution in [3.63, 3.8) is 0 Å². The van der Waals surface area contributed by atoms with Crippen molar-refractivity contribution in [2.75, 3.05) is 25.9 Å². The quantitative estimate of drug-likeness (QED) is 0.229. The number of phenolic OH excluding ortho intramolecular Hbond substituents is 1. The summed E-state index contributed by atoms with van der Waals surface area (Å²) < 4.78 is 0. The zero-order chi connectivity index (χ0) is 30.1. The SMILES string of the molecule is CN(C(=O)NCc1ccccc1)N1CC(=O)N2[C@@H](Cc3ccc(O)c(N)c3)C(=O)N(Cc3cccc4ccccc34)C[C@@H]21. The summed E-state index contributed by atoms with van der Waals surface area (Å²) in [5, 5.41) is 18.2. The Bertz CT molecular complexity index is 1670. The number of urea groups is 1. The maximum atomic E-state index is 14.1. The molecule has 0 bridgehead atoms. The Hall–Kier alpha value is -5.09. The van der Waals surface area contributed by atoms with E-state index in [4.69, 9.17) is 5.73 Å². The maximum absolute atomic E-state index is 14.1. The van der Waals surface area contributed by atoms with Gasteiger partial charge in [-0.3, -0.25) is 14.6 Å². The third-order valence-electron chi connectivity index (χ3n) is 8.29. The molecule has 10 nitrogen and oxygen atoms in total. The number of phenols is 1. The molecule has 2 heterocycles. The highest BCUT2D eigenvalue weighted by atomic mass is 16.3. The van der Waals surface area contributed by atoms with Gasteiger partial charge >= 0.3 is 6.03 Å². The molecule has 0 spiro atoms. The number of hydrazine groups is 1. The Balaban J connectivity index is 1.30. The number of nitrogens with zero attached hydrogens (tertiary/aromatic N) is 4. The molecule has 6 rings (SSSR count). The Labute approximate surface area is 249 Å². The number of hydrogen-bond donors (Lipinski definition) is 3. The first kappa shape index (κ1) is 28.0.